The molecule has 3 heterocycles. The Kier molecular flexibility index (Phi) is 6.76. The van der Waals surface area contributed by atoms with Crippen LogP contribution in [0, 0.1) is 0 Å². The zero-order chi connectivity index (χ0) is 28.9. The molecule has 7 nitrogen and oxygen atoms in total. The average molecular weight is 552 g/mol. The van der Waals surface area contributed by atoms with Crippen molar-refractivity contribution < 1.29 is 19.1 Å². The van der Waals surface area contributed by atoms with E-state index in [4.69, 9.17) is 9.47 Å². The maximum atomic E-state index is 14.3. The van der Waals surface area contributed by atoms with Crippen LogP contribution in [0.5, 0.6) is 11.5 Å². The number of anilines is 1. The molecule has 7 heteroatoms. The monoisotopic (exact) mass is 551 g/mol. The normalized spacial score (nSPS) is 20.1. The number of aromatic nitrogens is 1. The Balaban J connectivity index is 1.49. The molecule has 6 rings (SSSR count). The predicted molar refractivity (Wildman–Crippen MR) is 161 cm³/mol. The summed E-state index contributed by atoms with van der Waals surface area (Å²) in [7, 11) is 0. The van der Waals surface area contributed by atoms with Crippen LogP contribution in [0.25, 0.3) is 10.9 Å². The number of rotatable bonds is 8. The third kappa shape index (κ3) is 4.17. The van der Waals surface area contributed by atoms with Crippen molar-refractivity contribution in [2.75, 3.05) is 24.7 Å². The van der Waals surface area contributed by atoms with Gasteiger partial charge in [0.2, 0.25) is 0 Å². The Morgan fingerprint density at radius 2 is 1.73 bits per heavy atom. The van der Waals surface area contributed by atoms with E-state index < -0.39 is 5.54 Å². The van der Waals surface area contributed by atoms with Gasteiger partial charge < -0.3 is 19.4 Å². The number of carbonyl (C=O) groups excluding carboxylic acids is 2. The molecule has 0 spiro atoms. The number of H-pyrrole nitrogens is 1. The number of hydrogen-bond acceptors (Lipinski definition) is 4. The molecule has 2 atom stereocenters. The van der Waals surface area contributed by atoms with E-state index >= 15 is 0 Å². The fourth-order valence-corrected chi connectivity index (χ4v) is 6.27. The van der Waals surface area contributed by atoms with Gasteiger partial charge in [-0.1, -0.05) is 57.2 Å². The fraction of sp³-hybridized carbons (Fsp3) is 0.353. The largest absolute Gasteiger partial charge is 0.490 e. The van der Waals surface area contributed by atoms with Crippen molar-refractivity contribution in [3.63, 3.8) is 0 Å². The van der Waals surface area contributed by atoms with Crippen LogP contribution in [-0.4, -0.2) is 41.6 Å². The second-order valence-corrected chi connectivity index (χ2v) is 11.4. The molecule has 2 aliphatic heterocycles. The molecule has 0 radical (unpaired) electrons. The summed E-state index contributed by atoms with van der Waals surface area (Å²) in [6.45, 7) is 11.6. The quantitative estimate of drug-likeness (QED) is 0.233. The molecule has 0 aliphatic carbocycles. The number of aromatic amines is 1. The molecule has 3 aromatic carbocycles. The van der Waals surface area contributed by atoms with Gasteiger partial charge in [-0.15, -0.1) is 0 Å². The minimum absolute atomic E-state index is 0.173. The number of imide groups is 1. The second kappa shape index (κ2) is 10.3. The van der Waals surface area contributed by atoms with E-state index in [-0.39, 0.29) is 17.9 Å². The Bertz CT molecular complexity index is 1620. The number of para-hydroxylation sites is 1. The van der Waals surface area contributed by atoms with Gasteiger partial charge >= 0.3 is 6.03 Å². The maximum absolute atomic E-state index is 14.3. The van der Waals surface area contributed by atoms with E-state index in [1.54, 1.807) is 4.90 Å². The van der Waals surface area contributed by atoms with E-state index in [0.717, 1.165) is 39.7 Å². The maximum Gasteiger partial charge on any atom is 0.332 e. The van der Waals surface area contributed by atoms with Crippen LogP contribution < -0.4 is 14.4 Å². The average Bonchev–Trinajstić information content (AvgIpc) is 3.46. The van der Waals surface area contributed by atoms with Crippen molar-refractivity contribution in [3.8, 4) is 11.5 Å². The van der Waals surface area contributed by atoms with Gasteiger partial charge in [-0.05, 0) is 73.2 Å². The molecule has 4 aromatic rings. The van der Waals surface area contributed by atoms with Gasteiger partial charge in [0.05, 0.1) is 24.6 Å². The number of amides is 3. The molecular weight excluding hydrogens is 514 g/mol. The lowest BCUT2D eigenvalue weighted by Gasteiger charge is -2.40. The lowest BCUT2D eigenvalue weighted by molar-refractivity contribution is -0.125. The first kappa shape index (κ1) is 26.9. The standard InChI is InChI=1S/C34H37N3O4/c1-6-18-41-28-17-14-23(19-29(28)40-7-2)26-20-36-33(39)37(24-15-12-22(13-16-24)21(3)4)32(38)34(36,5)31-30(26)25-10-8-9-11-27(25)35-31/h8-17,19,21,26,35H,6-7,18,20H2,1-5H3/t26-,34-/m0/s1. The Hall–Kier alpha value is -4.26. The van der Waals surface area contributed by atoms with Crippen LogP contribution in [0.3, 0.4) is 0 Å². The Labute approximate surface area is 241 Å². The van der Waals surface area contributed by atoms with E-state index in [1.807, 2.05) is 68.4 Å². The Morgan fingerprint density at radius 1 is 0.976 bits per heavy atom. The number of nitrogens with zero attached hydrogens (tertiary/aromatic N) is 2. The summed E-state index contributed by atoms with van der Waals surface area (Å²) in [4.78, 5) is 35.0. The number of fused-ring (bicyclic) bond motifs is 5. The first-order valence-electron chi connectivity index (χ1n) is 14.6. The lowest BCUT2D eigenvalue weighted by atomic mass is 9.78. The summed E-state index contributed by atoms with van der Waals surface area (Å²) in [5.41, 5.74) is 4.34. The van der Waals surface area contributed by atoms with Crippen LogP contribution >= 0.6 is 0 Å². The molecule has 1 aromatic heterocycles. The summed E-state index contributed by atoms with van der Waals surface area (Å²) in [5.74, 6) is 1.33. The summed E-state index contributed by atoms with van der Waals surface area (Å²) in [6, 6.07) is 21.6. The summed E-state index contributed by atoms with van der Waals surface area (Å²) < 4.78 is 12.0. The second-order valence-electron chi connectivity index (χ2n) is 11.4. The lowest BCUT2D eigenvalue weighted by Crippen LogP contribution is -2.50. The summed E-state index contributed by atoms with van der Waals surface area (Å²) in [6.07, 6.45) is 0.898. The number of ether oxygens (including phenoxy) is 2. The van der Waals surface area contributed by atoms with Crippen LogP contribution in [0.4, 0.5) is 10.5 Å². The van der Waals surface area contributed by atoms with Crippen molar-refractivity contribution in [2.45, 2.75) is 58.4 Å². The highest BCUT2D eigenvalue weighted by atomic mass is 16.5. The smallest absolute Gasteiger partial charge is 0.332 e. The van der Waals surface area contributed by atoms with Crippen LogP contribution in [0.15, 0.2) is 66.7 Å². The van der Waals surface area contributed by atoms with E-state index in [0.29, 0.717) is 42.9 Å². The number of carbonyl (C=O) groups is 2. The molecule has 212 valence electrons. The van der Waals surface area contributed by atoms with E-state index in [1.165, 1.54) is 4.90 Å². The summed E-state index contributed by atoms with van der Waals surface area (Å²) in [5, 5.41) is 1.05. The van der Waals surface area contributed by atoms with Crippen molar-refractivity contribution in [1.29, 1.82) is 0 Å². The number of urea groups is 1. The summed E-state index contributed by atoms with van der Waals surface area (Å²) >= 11 is 0. The number of benzene rings is 3. The zero-order valence-electron chi connectivity index (χ0n) is 24.4. The van der Waals surface area contributed by atoms with E-state index in [2.05, 4.69) is 37.9 Å². The number of hydrogen-bond donors (Lipinski definition) is 1. The van der Waals surface area contributed by atoms with Crippen LogP contribution in [0.2, 0.25) is 0 Å². The first-order chi connectivity index (χ1) is 19.8. The highest BCUT2D eigenvalue weighted by Crippen LogP contribution is 2.51. The molecule has 41 heavy (non-hydrogen) atoms. The van der Waals surface area contributed by atoms with Gasteiger partial charge in [0.25, 0.3) is 5.91 Å². The minimum atomic E-state index is -1.16. The molecule has 0 saturated carbocycles. The Morgan fingerprint density at radius 3 is 2.44 bits per heavy atom. The van der Waals surface area contributed by atoms with Gasteiger partial charge in [0.15, 0.2) is 17.0 Å². The first-order valence-corrected chi connectivity index (χ1v) is 14.6. The molecule has 3 amide bonds. The molecule has 1 saturated heterocycles. The van der Waals surface area contributed by atoms with Crippen molar-refractivity contribution in [1.82, 2.24) is 9.88 Å². The molecule has 1 fully saturated rings. The SMILES string of the molecule is CCCOc1ccc([C@@H]2CN3C(=O)N(c4ccc(C(C)C)cc4)C(=O)[C@]3(C)c3[nH]c4ccccc4c32)cc1OCC. The topological polar surface area (TPSA) is 74.9 Å². The predicted octanol–water partition coefficient (Wildman–Crippen LogP) is 7.31. The zero-order valence-corrected chi connectivity index (χ0v) is 24.4. The van der Waals surface area contributed by atoms with E-state index in [9.17, 15) is 9.59 Å². The van der Waals surface area contributed by atoms with Gasteiger partial charge in [-0.25, -0.2) is 9.69 Å². The minimum Gasteiger partial charge on any atom is -0.490 e. The number of nitrogens with one attached hydrogen (secondary N) is 1. The third-order valence-corrected chi connectivity index (χ3v) is 8.48. The third-order valence-electron chi connectivity index (χ3n) is 8.48. The molecule has 1 N–H and O–H groups in total. The van der Waals surface area contributed by atoms with Crippen molar-refractivity contribution >= 4 is 28.5 Å². The molecular formula is C34H37N3O4. The highest BCUT2D eigenvalue weighted by Gasteiger charge is 2.60. The van der Waals surface area contributed by atoms with Crippen LogP contribution in [-0.2, 0) is 10.3 Å². The fourth-order valence-electron chi connectivity index (χ4n) is 6.27. The van der Waals surface area contributed by atoms with Gasteiger partial charge in [0.1, 0.15) is 0 Å². The van der Waals surface area contributed by atoms with Crippen LogP contribution in [0.1, 0.15) is 75.3 Å². The van der Waals surface area contributed by atoms with Crippen molar-refractivity contribution in [3.05, 3.63) is 89.1 Å². The van der Waals surface area contributed by atoms with Gasteiger partial charge in [-0.3, -0.25) is 4.79 Å². The molecule has 0 bridgehead atoms. The van der Waals surface area contributed by atoms with Crippen molar-refractivity contribution in [2.24, 2.45) is 0 Å². The van der Waals surface area contributed by atoms with Gasteiger partial charge in [-0.2, -0.15) is 0 Å². The molecule has 2 aliphatic rings. The molecule has 0 unspecified atom stereocenters. The van der Waals surface area contributed by atoms with Gasteiger partial charge in [0, 0.05) is 23.4 Å². The highest BCUT2D eigenvalue weighted by molar-refractivity contribution is 6.23.